The number of aryl methyl sites for hydroxylation is 1. The molecule has 0 bridgehead atoms. The fraction of sp³-hybridized carbons (Fsp3) is 0.500. The average molecular weight is 330 g/mol. The van der Waals surface area contributed by atoms with Crippen LogP contribution in [-0.2, 0) is 4.79 Å². The minimum Gasteiger partial charge on any atom is -0.300 e. The number of H-pyrrole nitrogens is 1. The smallest absolute Gasteiger partial charge is 0.300 e. The van der Waals surface area contributed by atoms with Crippen LogP contribution in [0.15, 0.2) is 18.3 Å². The molecule has 0 aliphatic heterocycles. The molecule has 0 unspecified atom stereocenters. The summed E-state index contributed by atoms with van der Waals surface area (Å²) in [6.45, 7) is 2.64. The second kappa shape index (κ2) is 6.01. The van der Waals surface area contributed by atoms with Gasteiger partial charge in [-0.15, -0.1) is 0 Å². The van der Waals surface area contributed by atoms with Gasteiger partial charge < -0.3 is 0 Å². The van der Waals surface area contributed by atoms with E-state index in [1.54, 1.807) is 0 Å². The number of amides is 1. The van der Waals surface area contributed by atoms with E-state index < -0.39 is 36.2 Å². The average Bonchev–Trinajstić information content (AvgIpc) is 2.35. The molecule has 22 heavy (non-hydrogen) atoms. The van der Waals surface area contributed by atoms with Crippen LogP contribution in [0, 0.1) is 6.92 Å². The van der Waals surface area contributed by atoms with Crippen molar-refractivity contribution in [3.05, 3.63) is 23.9 Å². The van der Waals surface area contributed by atoms with E-state index in [1.807, 2.05) is 0 Å². The number of rotatable bonds is 4. The number of anilines is 1. The van der Waals surface area contributed by atoms with Crippen molar-refractivity contribution in [2.24, 2.45) is 0 Å². The molecule has 1 heterocycles. The van der Waals surface area contributed by atoms with Gasteiger partial charge in [-0.1, -0.05) is 6.92 Å². The van der Waals surface area contributed by atoms with Gasteiger partial charge in [0.1, 0.15) is 0 Å². The van der Waals surface area contributed by atoms with Gasteiger partial charge in [0, 0.05) is 12.5 Å². The van der Waals surface area contributed by atoms with Gasteiger partial charge in [-0.25, -0.2) is 10.3 Å². The number of hydrogen-bond donors (Lipinski definition) is 2. The Kier molecular flexibility index (Phi) is 4.93. The van der Waals surface area contributed by atoms with Gasteiger partial charge >= 0.3 is 18.0 Å². The third kappa shape index (κ3) is 3.60. The van der Waals surface area contributed by atoms with Crippen LogP contribution < -0.4 is 15.6 Å². The second-order valence-electron chi connectivity index (χ2n) is 4.55. The molecule has 10 heteroatoms. The fourth-order valence-corrected chi connectivity index (χ4v) is 1.63. The SMILES string of the molecule is CCC(=O)NC(Nc1cc(C)cc[nH+]1)(C(F)(F)F)C(F)(F)F. The molecule has 0 aromatic carbocycles. The number of carbonyl (C=O) groups is 1. The van der Waals surface area contributed by atoms with Gasteiger partial charge in [-0.2, -0.15) is 26.3 Å². The molecule has 0 saturated heterocycles. The van der Waals surface area contributed by atoms with Crippen LogP contribution in [0.3, 0.4) is 0 Å². The Hall–Kier alpha value is -2.00. The van der Waals surface area contributed by atoms with Gasteiger partial charge in [0.25, 0.3) is 5.82 Å². The summed E-state index contributed by atoms with van der Waals surface area (Å²) in [6, 6.07) is 2.52. The molecule has 1 aromatic rings. The summed E-state index contributed by atoms with van der Waals surface area (Å²) in [5, 5.41) is 2.35. The van der Waals surface area contributed by atoms with Gasteiger partial charge in [0.15, 0.2) is 0 Å². The highest BCUT2D eigenvalue weighted by Gasteiger charge is 2.76. The minimum absolute atomic E-state index is 0.432. The maximum Gasteiger partial charge on any atom is 0.462 e. The van der Waals surface area contributed by atoms with Crippen LogP contribution >= 0.6 is 0 Å². The fourth-order valence-electron chi connectivity index (χ4n) is 1.63. The first-order valence-corrected chi connectivity index (χ1v) is 6.14. The molecule has 0 saturated carbocycles. The molecule has 124 valence electrons. The first-order chi connectivity index (χ1) is 9.93. The van der Waals surface area contributed by atoms with Crippen molar-refractivity contribution in [1.29, 1.82) is 0 Å². The molecular formula is C12H14F6N3O+. The first kappa shape index (κ1) is 18.1. The van der Waals surface area contributed by atoms with Crippen molar-refractivity contribution in [1.82, 2.24) is 5.32 Å². The van der Waals surface area contributed by atoms with E-state index in [4.69, 9.17) is 0 Å². The maximum absolute atomic E-state index is 13.1. The van der Waals surface area contributed by atoms with Crippen molar-refractivity contribution < 1.29 is 36.1 Å². The Morgan fingerprint density at radius 2 is 1.73 bits per heavy atom. The zero-order valence-corrected chi connectivity index (χ0v) is 11.6. The monoisotopic (exact) mass is 330 g/mol. The van der Waals surface area contributed by atoms with E-state index in [1.165, 1.54) is 24.5 Å². The quantitative estimate of drug-likeness (QED) is 0.658. The Labute approximate surface area is 121 Å². The Balaban J connectivity index is 3.39. The van der Waals surface area contributed by atoms with Crippen molar-refractivity contribution in [2.45, 2.75) is 38.3 Å². The predicted octanol–water partition coefficient (Wildman–Crippen LogP) is 2.57. The van der Waals surface area contributed by atoms with Crippen molar-refractivity contribution in [3.63, 3.8) is 0 Å². The molecule has 3 N–H and O–H groups in total. The third-order valence-electron chi connectivity index (χ3n) is 2.78. The Morgan fingerprint density at radius 1 is 1.18 bits per heavy atom. The maximum atomic E-state index is 13.1. The number of carbonyl (C=O) groups excluding carboxylic acids is 1. The molecule has 1 aromatic heterocycles. The van der Waals surface area contributed by atoms with Crippen LogP contribution in [0.4, 0.5) is 32.2 Å². The van der Waals surface area contributed by atoms with Gasteiger partial charge in [0.05, 0.1) is 6.20 Å². The number of aromatic nitrogens is 1. The number of aromatic amines is 1. The number of alkyl halides is 6. The number of halogens is 6. The number of nitrogens with one attached hydrogen (secondary N) is 3. The minimum atomic E-state index is -5.81. The van der Waals surface area contributed by atoms with Crippen LogP contribution in [0.2, 0.25) is 0 Å². The van der Waals surface area contributed by atoms with Gasteiger partial charge in [-0.05, 0) is 18.6 Å². The zero-order valence-electron chi connectivity index (χ0n) is 11.6. The topological polar surface area (TPSA) is 55.3 Å². The second-order valence-corrected chi connectivity index (χ2v) is 4.55. The Bertz CT molecular complexity index is 526. The van der Waals surface area contributed by atoms with Crippen LogP contribution in [0.1, 0.15) is 18.9 Å². The number of hydrogen-bond acceptors (Lipinski definition) is 2. The zero-order chi connectivity index (χ0) is 17.2. The highest BCUT2D eigenvalue weighted by molar-refractivity contribution is 5.77. The highest BCUT2D eigenvalue weighted by Crippen LogP contribution is 2.43. The van der Waals surface area contributed by atoms with E-state index in [2.05, 4.69) is 4.98 Å². The summed E-state index contributed by atoms with van der Waals surface area (Å²) in [4.78, 5) is 13.5. The molecule has 1 amide bonds. The first-order valence-electron chi connectivity index (χ1n) is 6.14. The lowest BCUT2D eigenvalue weighted by Crippen LogP contribution is -2.72. The molecule has 0 aliphatic carbocycles. The summed E-state index contributed by atoms with van der Waals surface area (Å²) < 4.78 is 78.9. The largest absolute Gasteiger partial charge is 0.462 e. The van der Waals surface area contributed by atoms with E-state index in [0.717, 1.165) is 18.3 Å². The molecule has 1 rings (SSSR count). The Morgan fingerprint density at radius 3 is 2.14 bits per heavy atom. The molecule has 0 fully saturated rings. The standard InChI is InChI=1S/C12H13F6N3O/c1-3-9(22)21-10(11(13,14)15,12(16,17)18)20-8-6-7(2)4-5-19-8/h4-6H,3H2,1-2H3,(H,19,20)(H,21,22)/p+1. The van der Waals surface area contributed by atoms with Crippen molar-refractivity contribution >= 4 is 11.7 Å². The van der Waals surface area contributed by atoms with Crippen LogP contribution in [0.5, 0.6) is 0 Å². The lowest BCUT2D eigenvalue weighted by atomic mass is 10.1. The summed E-state index contributed by atoms with van der Waals surface area (Å²) in [5.74, 6) is -1.93. The van der Waals surface area contributed by atoms with E-state index >= 15 is 0 Å². The van der Waals surface area contributed by atoms with Crippen LogP contribution in [0.25, 0.3) is 0 Å². The molecule has 0 aliphatic rings. The summed E-state index contributed by atoms with van der Waals surface area (Å²) in [7, 11) is 0. The summed E-state index contributed by atoms with van der Waals surface area (Å²) >= 11 is 0. The molecule has 0 radical (unpaired) electrons. The summed E-state index contributed by atoms with van der Waals surface area (Å²) in [5.41, 5.74) is -4.15. The normalized spacial score (nSPS) is 12.9. The van der Waals surface area contributed by atoms with Crippen LogP contribution in [-0.4, -0.2) is 23.9 Å². The highest BCUT2D eigenvalue weighted by atomic mass is 19.4. The van der Waals surface area contributed by atoms with Crippen molar-refractivity contribution in [3.8, 4) is 0 Å². The summed E-state index contributed by atoms with van der Waals surface area (Å²) in [6.07, 6.45) is -11.0. The molecule has 0 spiro atoms. The van der Waals surface area contributed by atoms with Crippen molar-refractivity contribution in [2.75, 3.05) is 5.32 Å². The van der Waals surface area contributed by atoms with Gasteiger partial charge in [-0.3, -0.25) is 10.1 Å². The molecule has 0 atom stereocenters. The number of pyridine rings is 1. The lowest BCUT2D eigenvalue weighted by Gasteiger charge is -2.34. The predicted molar refractivity (Wildman–Crippen MR) is 64.6 cm³/mol. The van der Waals surface area contributed by atoms with E-state index in [0.29, 0.717) is 5.56 Å². The lowest BCUT2D eigenvalue weighted by molar-refractivity contribution is -0.367. The third-order valence-corrected chi connectivity index (χ3v) is 2.78. The van der Waals surface area contributed by atoms with Gasteiger partial charge in [0.2, 0.25) is 5.91 Å². The molecule has 4 nitrogen and oxygen atoms in total. The van der Waals surface area contributed by atoms with E-state index in [-0.39, 0.29) is 0 Å². The van der Waals surface area contributed by atoms with E-state index in [9.17, 15) is 31.1 Å². The molecular weight excluding hydrogens is 316 g/mol.